The molecule has 0 bridgehead atoms. The highest BCUT2D eigenvalue weighted by atomic mass is 16.2. The number of benzene rings is 2. The van der Waals surface area contributed by atoms with Gasteiger partial charge in [0, 0.05) is 43.3 Å². The molecule has 2 aromatic carbocycles. The largest absolute Gasteiger partial charge is 0.338 e. The number of hydrogen-bond acceptors (Lipinski definition) is 3. The molecule has 3 amide bonds. The minimum atomic E-state index is -0.247. The van der Waals surface area contributed by atoms with Crippen molar-refractivity contribution in [2.75, 3.05) is 23.3 Å². The minimum absolute atomic E-state index is 0.154. The predicted octanol–water partition coefficient (Wildman–Crippen LogP) is 3.36. The third-order valence-corrected chi connectivity index (χ3v) is 4.91. The van der Waals surface area contributed by atoms with E-state index in [-0.39, 0.29) is 11.9 Å². The highest BCUT2D eigenvalue weighted by Gasteiger charge is 2.21. The molecule has 1 aromatic heterocycles. The van der Waals surface area contributed by atoms with Gasteiger partial charge < -0.3 is 15.5 Å². The number of nitrogens with zero attached hydrogens (tertiary/aromatic N) is 3. The smallest absolute Gasteiger partial charge is 0.319 e. The van der Waals surface area contributed by atoms with Crippen molar-refractivity contribution < 1.29 is 9.59 Å². The molecule has 0 saturated carbocycles. The van der Waals surface area contributed by atoms with E-state index in [9.17, 15) is 9.59 Å². The van der Waals surface area contributed by atoms with E-state index < -0.39 is 0 Å². The summed E-state index contributed by atoms with van der Waals surface area (Å²) < 4.78 is 1.81. The first-order valence-corrected chi connectivity index (χ1v) is 9.73. The minimum Gasteiger partial charge on any atom is -0.338 e. The quantitative estimate of drug-likeness (QED) is 0.678. The van der Waals surface area contributed by atoms with Crippen LogP contribution in [0.25, 0.3) is 5.69 Å². The van der Waals surface area contributed by atoms with Crippen molar-refractivity contribution in [3.63, 3.8) is 0 Å². The number of aromatic nitrogens is 2. The number of carbonyl (C=O) groups is 2. The standard InChI is InChI=1S/C22H23N5O2/c28-21-3-1-15-26(21)19-10-6-18(7-11-19)25-22(29)23-14-12-17-4-8-20(9-5-17)27-16-2-13-24-27/h2,4-11,13,16H,1,3,12,14-15H2,(H2,23,25,29). The van der Waals surface area contributed by atoms with Crippen molar-refractivity contribution >= 4 is 23.3 Å². The number of rotatable bonds is 6. The lowest BCUT2D eigenvalue weighted by Gasteiger charge is -2.16. The van der Waals surface area contributed by atoms with Crippen LogP contribution in [0.3, 0.4) is 0 Å². The third-order valence-electron chi connectivity index (χ3n) is 4.91. The van der Waals surface area contributed by atoms with E-state index >= 15 is 0 Å². The number of carbonyl (C=O) groups excluding carboxylic acids is 2. The molecule has 3 aromatic rings. The van der Waals surface area contributed by atoms with Gasteiger partial charge in [-0.25, -0.2) is 9.48 Å². The summed E-state index contributed by atoms with van der Waals surface area (Å²) >= 11 is 0. The first-order valence-electron chi connectivity index (χ1n) is 9.73. The zero-order chi connectivity index (χ0) is 20.1. The molecular formula is C22H23N5O2. The van der Waals surface area contributed by atoms with Crippen LogP contribution >= 0.6 is 0 Å². The molecule has 7 heteroatoms. The van der Waals surface area contributed by atoms with Gasteiger partial charge in [-0.1, -0.05) is 12.1 Å². The van der Waals surface area contributed by atoms with Crippen LogP contribution in [-0.4, -0.2) is 34.8 Å². The summed E-state index contributed by atoms with van der Waals surface area (Å²) in [7, 11) is 0. The molecule has 0 atom stereocenters. The molecule has 1 fully saturated rings. The summed E-state index contributed by atoms with van der Waals surface area (Å²) in [6, 6.07) is 17.1. The van der Waals surface area contributed by atoms with Gasteiger partial charge in [0.1, 0.15) is 0 Å². The molecule has 29 heavy (non-hydrogen) atoms. The summed E-state index contributed by atoms with van der Waals surface area (Å²) in [6.07, 6.45) is 5.89. The van der Waals surface area contributed by atoms with E-state index in [1.807, 2.05) is 60.8 Å². The van der Waals surface area contributed by atoms with Crippen molar-refractivity contribution in [1.82, 2.24) is 15.1 Å². The number of urea groups is 1. The Labute approximate surface area is 169 Å². The normalized spacial score (nSPS) is 13.5. The number of nitrogens with one attached hydrogen (secondary N) is 2. The van der Waals surface area contributed by atoms with Gasteiger partial charge in [-0.15, -0.1) is 0 Å². The van der Waals surface area contributed by atoms with Gasteiger partial charge in [0.25, 0.3) is 0 Å². The fourth-order valence-corrected chi connectivity index (χ4v) is 3.38. The van der Waals surface area contributed by atoms with Crippen LogP contribution in [0, 0.1) is 0 Å². The SMILES string of the molecule is O=C(NCCc1ccc(-n2cccn2)cc1)Nc1ccc(N2CCCC2=O)cc1. The van der Waals surface area contributed by atoms with Crippen LogP contribution < -0.4 is 15.5 Å². The zero-order valence-electron chi connectivity index (χ0n) is 16.0. The van der Waals surface area contributed by atoms with Crippen molar-refractivity contribution in [3.05, 3.63) is 72.6 Å². The lowest BCUT2D eigenvalue weighted by molar-refractivity contribution is -0.117. The summed E-state index contributed by atoms with van der Waals surface area (Å²) in [6.45, 7) is 1.29. The van der Waals surface area contributed by atoms with Gasteiger partial charge in [-0.05, 0) is 60.9 Å². The van der Waals surface area contributed by atoms with Crippen LogP contribution in [0.2, 0.25) is 0 Å². The highest BCUT2D eigenvalue weighted by molar-refractivity contribution is 5.96. The van der Waals surface area contributed by atoms with Crippen LogP contribution in [0.5, 0.6) is 0 Å². The second-order valence-corrected chi connectivity index (χ2v) is 6.94. The lowest BCUT2D eigenvalue weighted by Crippen LogP contribution is -2.30. The summed E-state index contributed by atoms with van der Waals surface area (Å²) in [4.78, 5) is 25.7. The van der Waals surface area contributed by atoms with Gasteiger partial charge in [0.15, 0.2) is 0 Å². The zero-order valence-corrected chi connectivity index (χ0v) is 16.0. The van der Waals surface area contributed by atoms with E-state index in [1.54, 1.807) is 15.8 Å². The third kappa shape index (κ3) is 4.63. The molecule has 1 aliphatic rings. The molecule has 2 N–H and O–H groups in total. The number of hydrogen-bond donors (Lipinski definition) is 2. The second-order valence-electron chi connectivity index (χ2n) is 6.94. The molecule has 7 nitrogen and oxygen atoms in total. The first kappa shape index (κ1) is 18.7. The maximum absolute atomic E-state index is 12.1. The van der Waals surface area contributed by atoms with E-state index in [1.165, 1.54) is 0 Å². The topological polar surface area (TPSA) is 79.3 Å². The van der Waals surface area contributed by atoms with Gasteiger partial charge in [0.2, 0.25) is 5.91 Å². The fourth-order valence-electron chi connectivity index (χ4n) is 3.38. The van der Waals surface area contributed by atoms with Crippen molar-refractivity contribution in [3.8, 4) is 5.69 Å². The molecule has 0 radical (unpaired) electrons. The Hall–Kier alpha value is -3.61. The van der Waals surface area contributed by atoms with Crippen LogP contribution in [0.4, 0.5) is 16.2 Å². The van der Waals surface area contributed by atoms with E-state index in [2.05, 4.69) is 15.7 Å². The Balaban J connectivity index is 1.23. The predicted molar refractivity (Wildman–Crippen MR) is 112 cm³/mol. The van der Waals surface area contributed by atoms with Crippen LogP contribution in [0.1, 0.15) is 18.4 Å². The molecule has 0 spiro atoms. The van der Waals surface area contributed by atoms with Crippen LogP contribution in [0.15, 0.2) is 67.0 Å². The Morgan fingerprint density at radius 2 is 1.79 bits per heavy atom. The average molecular weight is 389 g/mol. The van der Waals surface area contributed by atoms with Crippen LogP contribution in [-0.2, 0) is 11.2 Å². The lowest BCUT2D eigenvalue weighted by atomic mass is 10.1. The molecule has 0 unspecified atom stereocenters. The molecule has 1 saturated heterocycles. The Morgan fingerprint density at radius 1 is 1.03 bits per heavy atom. The molecule has 1 aliphatic heterocycles. The monoisotopic (exact) mass is 389 g/mol. The molecule has 148 valence electrons. The van der Waals surface area contributed by atoms with E-state index in [0.29, 0.717) is 18.7 Å². The summed E-state index contributed by atoms with van der Waals surface area (Å²) in [5.41, 5.74) is 3.71. The van der Waals surface area contributed by atoms with E-state index in [0.717, 1.165) is 36.3 Å². The Kier molecular flexibility index (Phi) is 5.56. The van der Waals surface area contributed by atoms with E-state index in [4.69, 9.17) is 0 Å². The molecular weight excluding hydrogens is 366 g/mol. The van der Waals surface area contributed by atoms with Crippen molar-refractivity contribution in [2.24, 2.45) is 0 Å². The summed E-state index contributed by atoms with van der Waals surface area (Å²) in [5, 5.41) is 9.89. The number of anilines is 2. The molecule has 2 heterocycles. The van der Waals surface area contributed by atoms with Crippen molar-refractivity contribution in [2.45, 2.75) is 19.3 Å². The van der Waals surface area contributed by atoms with Gasteiger partial charge in [-0.2, -0.15) is 5.10 Å². The second kappa shape index (κ2) is 8.60. The molecule has 4 rings (SSSR count). The molecule has 0 aliphatic carbocycles. The maximum atomic E-state index is 12.1. The highest BCUT2D eigenvalue weighted by Crippen LogP contribution is 2.22. The van der Waals surface area contributed by atoms with Gasteiger partial charge in [0.05, 0.1) is 5.69 Å². The number of amides is 3. The Bertz CT molecular complexity index is 965. The van der Waals surface area contributed by atoms with Gasteiger partial charge >= 0.3 is 6.03 Å². The van der Waals surface area contributed by atoms with Gasteiger partial charge in [-0.3, -0.25) is 4.79 Å². The first-order chi connectivity index (χ1) is 14.2. The Morgan fingerprint density at radius 3 is 2.45 bits per heavy atom. The maximum Gasteiger partial charge on any atom is 0.319 e. The average Bonchev–Trinajstić information content (AvgIpc) is 3.41. The van der Waals surface area contributed by atoms with Crippen molar-refractivity contribution in [1.29, 1.82) is 0 Å². The summed E-state index contributed by atoms with van der Waals surface area (Å²) in [5.74, 6) is 0.154. The fraction of sp³-hybridized carbons (Fsp3) is 0.227.